The molecule has 2 aliphatic heterocycles. The van der Waals surface area contributed by atoms with Crippen LogP contribution in [0.4, 0.5) is 0 Å². The van der Waals surface area contributed by atoms with E-state index < -0.39 is 0 Å². The topological polar surface area (TPSA) is 58.6 Å². The number of carbonyl (C=O) groups excluding carboxylic acids is 2. The van der Waals surface area contributed by atoms with E-state index in [2.05, 4.69) is 5.32 Å². The summed E-state index contributed by atoms with van der Waals surface area (Å²) in [5.41, 5.74) is 0. The highest BCUT2D eigenvalue weighted by Gasteiger charge is 2.31. The maximum absolute atomic E-state index is 11.9. The molecule has 0 unspecified atom stereocenters. The van der Waals surface area contributed by atoms with Crippen molar-refractivity contribution in [2.75, 3.05) is 13.2 Å². The van der Waals surface area contributed by atoms with Crippen LogP contribution in [0.15, 0.2) is 0 Å². The van der Waals surface area contributed by atoms with Crippen LogP contribution in [0, 0.1) is 0 Å². The molecule has 5 nitrogen and oxygen atoms in total. The Kier molecular flexibility index (Phi) is 3.20. The van der Waals surface area contributed by atoms with Crippen molar-refractivity contribution in [1.82, 2.24) is 10.4 Å². The van der Waals surface area contributed by atoms with Crippen LogP contribution in [-0.2, 0) is 14.4 Å². The molecule has 2 fully saturated rings. The molecular formula is C10H16N2O3. The molecule has 0 radical (unpaired) electrons. The Balaban J connectivity index is 1.91. The van der Waals surface area contributed by atoms with E-state index in [0.717, 1.165) is 19.3 Å². The molecular weight excluding hydrogens is 196 g/mol. The number of nitrogens with one attached hydrogen (secondary N) is 1. The maximum atomic E-state index is 11.9. The third-order valence-corrected chi connectivity index (χ3v) is 2.79. The fraction of sp³-hybridized carbons (Fsp3) is 0.800. The zero-order valence-corrected chi connectivity index (χ0v) is 8.70. The molecule has 0 saturated carbocycles. The molecule has 2 heterocycles. The molecule has 5 heteroatoms. The molecule has 2 aliphatic rings. The lowest BCUT2D eigenvalue weighted by molar-refractivity contribution is -0.185. The van der Waals surface area contributed by atoms with Crippen LogP contribution in [0.3, 0.4) is 0 Å². The van der Waals surface area contributed by atoms with Crippen LogP contribution in [-0.4, -0.2) is 36.1 Å². The third-order valence-electron chi connectivity index (χ3n) is 2.79. The van der Waals surface area contributed by atoms with Crippen LogP contribution in [0.25, 0.3) is 0 Å². The van der Waals surface area contributed by atoms with Crippen molar-refractivity contribution in [1.29, 1.82) is 0 Å². The van der Waals surface area contributed by atoms with E-state index in [4.69, 9.17) is 4.84 Å². The second-order valence-electron chi connectivity index (χ2n) is 3.99. The molecule has 0 aromatic heterocycles. The highest BCUT2D eigenvalue weighted by molar-refractivity contribution is 5.90. The van der Waals surface area contributed by atoms with E-state index >= 15 is 0 Å². The van der Waals surface area contributed by atoms with Gasteiger partial charge in [-0.3, -0.25) is 14.4 Å². The summed E-state index contributed by atoms with van der Waals surface area (Å²) in [7, 11) is 0. The van der Waals surface area contributed by atoms with Gasteiger partial charge in [-0.15, -0.1) is 0 Å². The number of hydrogen-bond acceptors (Lipinski definition) is 3. The van der Waals surface area contributed by atoms with Gasteiger partial charge in [-0.05, 0) is 25.7 Å². The molecule has 1 atom stereocenters. The lowest BCUT2D eigenvalue weighted by Gasteiger charge is -2.22. The first kappa shape index (κ1) is 10.4. The Morgan fingerprint density at radius 1 is 1.40 bits per heavy atom. The molecule has 0 bridgehead atoms. The molecule has 2 rings (SSSR count). The van der Waals surface area contributed by atoms with E-state index in [1.54, 1.807) is 0 Å². The largest absolute Gasteiger partial charge is 0.344 e. The lowest BCUT2D eigenvalue weighted by atomic mass is 10.2. The van der Waals surface area contributed by atoms with Crippen molar-refractivity contribution in [3.8, 4) is 0 Å². The smallest absolute Gasteiger partial charge is 0.268 e. The van der Waals surface area contributed by atoms with Crippen LogP contribution in [0.2, 0.25) is 0 Å². The van der Waals surface area contributed by atoms with Gasteiger partial charge < -0.3 is 5.32 Å². The Hall–Kier alpha value is -1.10. The number of amides is 2. The molecule has 0 aromatic rings. The summed E-state index contributed by atoms with van der Waals surface area (Å²) in [6.07, 6.45) is 4.12. The Labute approximate surface area is 88.7 Å². The first-order chi connectivity index (χ1) is 7.27. The molecule has 1 N–H and O–H groups in total. The molecule has 84 valence electrons. The minimum absolute atomic E-state index is 0.0387. The zero-order valence-electron chi connectivity index (χ0n) is 8.70. The fourth-order valence-corrected chi connectivity index (χ4v) is 1.92. The van der Waals surface area contributed by atoms with Gasteiger partial charge in [0.1, 0.15) is 6.04 Å². The monoisotopic (exact) mass is 212 g/mol. The van der Waals surface area contributed by atoms with E-state index in [1.165, 1.54) is 5.06 Å². The van der Waals surface area contributed by atoms with E-state index in [0.29, 0.717) is 26.0 Å². The zero-order chi connectivity index (χ0) is 10.7. The van der Waals surface area contributed by atoms with Crippen LogP contribution < -0.4 is 5.32 Å². The number of hydroxylamine groups is 2. The van der Waals surface area contributed by atoms with Crippen molar-refractivity contribution in [3.05, 3.63) is 0 Å². The number of carbonyl (C=O) groups is 2. The summed E-state index contributed by atoms with van der Waals surface area (Å²) in [4.78, 5) is 28.2. The second kappa shape index (κ2) is 4.61. The Morgan fingerprint density at radius 2 is 2.27 bits per heavy atom. The van der Waals surface area contributed by atoms with Crippen LogP contribution in [0.5, 0.6) is 0 Å². The number of hydrogen-bond donors (Lipinski definition) is 1. The van der Waals surface area contributed by atoms with E-state index in [-0.39, 0.29) is 17.9 Å². The first-order valence-corrected chi connectivity index (χ1v) is 5.51. The maximum Gasteiger partial charge on any atom is 0.268 e. The molecule has 15 heavy (non-hydrogen) atoms. The van der Waals surface area contributed by atoms with Crippen molar-refractivity contribution >= 4 is 11.8 Å². The summed E-state index contributed by atoms with van der Waals surface area (Å²) >= 11 is 0. The van der Waals surface area contributed by atoms with E-state index in [1.807, 2.05) is 0 Å². The van der Waals surface area contributed by atoms with Crippen LogP contribution >= 0.6 is 0 Å². The van der Waals surface area contributed by atoms with Gasteiger partial charge in [0, 0.05) is 13.0 Å². The van der Waals surface area contributed by atoms with Gasteiger partial charge in [-0.25, -0.2) is 5.06 Å². The predicted molar refractivity (Wildman–Crippen MR) is 52.7 cm³/mol. The van der Waals surface area contributed by atoms with Gasteiger partial charge in [0.25, 0.3) is 5.91 Å². The Morgan fingerprint density at radius 3 is 3.00 bits per heavy atom. The van der Waals surface area contributed by atoms with Crippen molar-refractivity contribution < 1.29 is 14.4 Å². The fourth-order valence-electron chi connectivity index (χ4n) is 1.92. The molecule has 0 aromatic carbocycles. The van der Waals surface area contributed by atoms with E-state index in [9.17, 15) is 9.59 Å². The summed E-state index contributed by atoms with van der Waals surface area (Å²) in [6.45, 7) is 1.25. The van der Waals surface area contributed by atoms with Gasteiger partial charge in [0.05, 0.1) is 6.61 Å². The average molecular weight is 212 g/mol. The molecule has 2 amide bonds. The molecule has 2 saturated heterocycles. The van der Waals surface area contributed by atoms with Crippen molar-refractivity contribution in [3.63, 3.8) is 0 Å². The van der Waals surface area contributed by atoms with Gasteiger partial charge in [-0.1, -0.05) is 0 Å². The summed E-state index contributed by atoms with van der Waals surface area (Å²) in [6, 6.07) is -0.365. The highest BCUT2D eigenvalue weighted by atomic mass is 16.7. The quantitative estimate of drug-likeness (QED) is 0.676. The summed E-state index contributed by atoms with van der Waals surface area (Å²) in [5, 5.41) is 4.08. The second-order valence-corrected chi connectivity index (χ2v) is 3.99. The number of rotatable bonds is 1. The summed E-state index contributed by atoms with van der Waals surface area (Å²) in [5.74, 6) is -0.133. The van der Waals surface area contributed by atoms with Gasteiger partial charge in [0.15, 0.2) is 0 Å². The van der Waals surface area contributed by atoms with Crippen molar-refractivity contribution in [2.45, 2.75) is 38.1 Å². The highest BCUT2D eigenvalue weighted by Crippen LogP contribution is 2.13. The average Bonchev–Trinajstić information content (AvgIpc) is 2.53. The predicted octanol–water partition coefficient (Wildman–Crippen LogP) is 0.209. The van der Waals surface area contributed by atoms with Gasteiger partial charge in [0.2, 0.25) is 5.91 Å². The normalized spacial score (nSPS) is 27.3. The van der Waals surface area contributed by atoms with Crippen molar-refractivity contribution in [2.24, 2.45) is 0 Å². The number of nitrogens with zero attached hydrogens (tertiary/aromatic N) is 1. The minimum atomic E-state index is -0.365. The van der Waals surface area contributed by atoms with Gasteiger partial charge >= 0.3 is 0 Å². The van der Waals surface area contributed by atoms with Crippen LogP contribution in [0.1, 0.15) is 32.1 Å². The molecule has 0 aliphatic carbocycles. The minimum Gasteiger partial charge on any atom is -0.344 e. The van der Waals surface area contributed by atoms with Gasteiger partial charge in [-0.2, -0.15) is 0 Å². The Bertz CT molecular complexity index is 259. The third kappa shape index (κ3) is 2.47. The SMILES string of the molecule is O=C1CC[C@H](C(=O)N2CCCCCO2)N1. The summed E-state index contributed by atoms with van der Waals surface area (Å²) < 4.78 is 0. The lowest BCUT2D eigenvalue weighted by Crippen LogP contribution is -2.44. The first-order valence-electron chi connectivity index (χ1n) is 5.51. The molecule has 0 spiro atoms. The standard InChI is InChI=1S/C10H16N2O3/c13-9-5-4-8(11-9)10(14)12-6-2-1-3-7-15-12/h8H,1-7H2,(H,11,13)/t8-/m1/s1.